The Balaban J connectivity index is 3.66. The number of aliphatic hydroxyl groups excluding tert-OH is 1. The van der Waals surface area contributed by atoms with Gasteiger partial charge in [-0.05, 0) is 135 Å². The number of aliphatic hydroxyl groups is 1. The molecule has 5 nitrogen and oxygen atoms in total. The van der Waals surface area contributed by atoms with Crippen LogP contribution in [0.4, 0.5) is 0 Å². The van der Waals surface area contributed by atoms with Crippen LogP contribution in [0.3, 0.4) is 0 Å². The van der Waals surface area contributed by atoms with Gasteiger partial charge in [0.15, 0.2) is 6.10 Å². The molecule has 0 aliphatic carbocycles. The molecule has 0 fully saturated rings. The standard InChI is InChI=1S/C69H106O5/c1-3-5-7-9-11-13-15-17-19-21-23-25-27-28-29-30-31-32-33-34-35-36-37-38-39-40-42-44-46-48-50-52-54-56-58-60-62-64-69(72)74-67(65-70)66-73-68(71)63-61-59-57-55-53-51-49-47-45-43-41-26-24-22-20-18-16-14-12-10-8-6-4-2/h5-8,11-14,17-20,23-26,28-29,31-32,34-35,37-38,40,42-43,45-46,48,67,70H,3-4,9-10,15-16,21-22,27,30,33,36,39,41,44,47,49-66H2,1-2H3/b7-5-,8-6-,13-11-,14-12-,19-17-,20-18-,25-23-,26-24-,29-28-,32-31-,35-34-,38-37-,42-40-,45-43-,48-46-. The molecule has 0 heterocycles. The smallest absolute Gasteiger partial charge is 0.306 e. The number of hydrogen-bond acceptors (Lipinski definition) is 5. The van der Waals surface area contributed by atoms with Crippen molar-refractivity contribution < 1.29 is 24.2 Å². The van der Waals surface area contributed by atoms with Crippen molar-refractivity contribution in [2.24, 2.45) is 0 Å². The molecule has 0 aromatic heterocycles. The van der Waals surface area contributed by atoms with Gasteiger partial charge in [0.2, 0.25) is 0 Å². The molecule has 1 N–H and O–H groups in total. The first kappa shape index (κ1) is 69.0. The summed E-state index contributed by atoms with van der Waals surface area (Å²) in [7, 11) is 0. The number of hydrogen-bond donors (Lipinski definition) is 1. The van der Waals surface area contributed by atoms with Crippen molar-refractivity contribution in [2.75, 3.05) is 13.2 Å². The lowest BCUT2D eigenvalue weighted by molar-refractivity contribution is -0.161. The van der Waals surface area contributed by atoms with E-state index in [1.807, 2.05) is 0 Å². The minimum absolute atomic E-state index is 0.0905. The van der Waals surface area contributed by atoms with E-state index in [1.54, 1.807) is 0 Å². The molecule has 0 aliphatic heterocycles. The van der Waals surface area contributed by atoms with Gasteiger partial charge in [0.05, 0.1) is 6.61 Å². The number of ether oxygens (including phenoxy) is 2. The predicted octanol–water partition coefficient (Wildman–Crippen LogP) is 20.3. The largest absolute Gasteiger partial charge is 0.462 e. The molecule has 0 spiro atoms. The van der Waals surface area contributed by atoms with E-state index in [4.69, 9.17) is 9.47 Å². The monoisotopic (exact) mass is 1010 g/mol. The first-order valence-corrected chi connectivity index (χ1v) is 29.3. The highest BCUT2D eigenvalue weighted by molar-refractivity contribution is 5.70. The molecule has 1 unspecified atom stereocenters. The SMILES string of the molecule is CC/C=C\C/C=C\C/C=C\C/C=C\C/C=C\C/C=C\C/C=C\C/C=C\C/C=C\C/C=C\CCCCCCCCC(=O)OC(CO)COC(=O)CCCCCCCCC/C=C\C/C=C\C/C=C\C/C=C\C/C=C\CC. The Labute approximate surface area is 455 Å². The molecule has 0 rings (SSSR count). The molecule has 0 saturated carbocycles. The summed E-state index contributed by atoms with van der Waals surface area (Å²) < 4.78 is 10.7. The van der Waals surface area contributed by atoms with Gasteiger partial charge in [0, 0.05) is 12.8 Å². The summed E-state index contributed by atoms with van der Waals surface area (Å²) in [6.45, 7) is 3.88. The molecule has 0 bridgehead atoms. The number of esters is 2. The predicted molar refractivity (Wildman–Crippen MR) is 324 cm³/mol. The summed E-state index contributed by atoms with van der Waals surface area (Å²) in [6.07, 6.45) is 98.5. The third-order valence-electron chi connectivity index (χ3n) is 11.7. The van der Waals surface area contributed by atoms with Gasteiger partial charge in [-0.25, -0.2) is 0 Å². The van der Waals surface area contributed by atoms with Crippen molar-refractivity contribution in [1.82, 2.24) is 0 Å². The molecule has 5 heteroatoms. The number of unbranched alkanes of at least 4 members (excludes halogenated alkanes) is 13. The van der Waals surface area contributed by atoms with E-state index < -0.39 is 6.10 Å². The maximum atomic E-state index is 12.3. The second kappa shape index (κ2) is 62.3. The second-order valence-corrected chi connectivity index (χ2v) is 18.6. The van der Waals surface area contributed by atoms with Crippen molar-refractivity contribution in [1.29, 1.82) is 0 Å². The van der Waals surface area contributed by atoms with E-state index in [0.29, 0.717) is 12.8 Å². The molecular formula is C69H106O5. The van der Waals surface area contributed by atoms with Crippen LogP contribution in [0.15, 0.2) is 182 Å². The Kier molecular flexibility index (Phi) is 58.1. The lowest BCUT2D eigenvalue weighted by Crippen LogP contribution is -2.28. The fourth-order valence-electron chi connectivity index (χ4n) is 7.37. The number of allylic oxidation sites excluding steroid dienone is 30. The topological polar surface area (TPSA) is 72.8 Å². The molecular weight excluding hydrogens is 909 g/mol. The van der Waals surface area contributed by atoms with Crippen molar-refractivity contribution in [3.63, 3.8) is 0 Å². The van der Waals surface area contributed by atoms with Gasteiger partial charge < -0.3 is 14.6 Å². The van der Waals surface area contributed by atoms with Crippen LogP contribution >= 0.6 is 0 Å². The van der Waals surface area contributed by atoms with Crippen LogP contribution in [0.2, 0.25) is 0 Å². The van der Waals surface area contributed by atoms with Crippen LogP contribution in [0.5, 0.6) is 0 Å². The minimum atomic E-state index is -0.801. The summed E-state index contributed by atoms with van der Waals surface area (Å²) >= 11 is 0. The van der Waals surface area contributed by atoms with E-state index >= 15 is 0 Å². The van der Waals surface area contributed by atoms with Gasteiger partial charge in [-0.2, -0.15) is 0 Å². The van der Waals surface area contributed by atoms with E-state index in [1.165, 1.54) is 38.5 Å². The summed E-state index contributed by atoms with van der Waals surface area (Å²) in [5.74, 6) is -0.635. The fourth-order valence-corrected chi connectivity index (χ4v) is 7.37. The first-order chi connectivity index (χ1) is 36.6. The third-order valence-corrected chi connectivity index (χ3v) is 11.7. The number of rotatable bonds is 51. The maximum Gasteiger partial charge on any atom is 0.306 e. The maximum absolute atomic E-state index is 12.3. The Bertz CT molecular complexity index is 1720. The zero-order valence-electron chi connectivity index (χ0n) is 47.0. The highest BCUT2D eigenvalue weighted by Gasteiger charge is 2.16. The molecule has 0 radical (unpaired) electrons. The highest BCUT2D eigenvalue weighted by Crippen LogP contribution is 2.13. The van der Waals surface area contributed by atoms with Crippen LogP contribution < -0.4 is 0 Å². The van der Waals surface area contributed by atoms with Crippen LogP contribution in [-0.2, 0) is 19.1 Å². The summed E-state index contributed by atoms with van der Waals surface area (Å²) in [5, 5.41) is 9.66. The molecule has 1 atom stereocenters. The highest BCUT2D eigenvalue weighted by atomic mass is 16.6. The molecule has 0 amide bonds. The number of carbonyl (C=O) groups excluding carboxylic acids is 2. The van der Waals surface area contributed by atoms with E-state index in [2.05, 4.69) is 196 Å². The Hall–Kier alpha value is -5.00. The summed E-state index contributed by atoms with van der Waals surface area (Å²) in [5.41, 5.74) is 0. The van der Waals surface area contributed by atoms with Crippen molar-refractivity contribution in [3.8, 4) is 0 Å². The zero-order valence-corrected chi connectivity index (χ0v) is 47.0. The summed E-state index contributed by atoms with van der Waals surface area (Å²) in [6, 6.07) is 0. The summed E-state index contributed by atoms with van der Waals surface area (Å²) in [4.78, 5) is 24.5. The average Bonchev–Trinajstić information content (AvgIpc) is 3.40. The van der Waals surface area contributed by atoms with Gasteiger partial charge in [-0.1, -0.05) is 254 Å². The molecule has 0 aliphatic rings. The second-order valence-electron chi connectivity index (χ2n) is 18.6. The van der Waals surface area contributed by atoms with Crippen LogP contribution in [0, 0.1) is 0 Å². The zero-order chi connectivity index (χ0) is 53.4. The van der Waals surface area contributed by atoms with E-state index in [9.17, 15) is 14.7 Å². The normalized spacial score (nSPS) is 13.6. The van der Waals surface area contributed by atoms with Crippen molar-refractivity contribution in [3.05, 3.63) is 182 Å². The van der Waals surface area contributed by atoms with Gasteiger partial charge >= 0.3 is 11.9 Å². The van der Waals surface area contributed by atoms with Crippen LogP contribution in [0.25, 0.3) is 0 Å². The molecule has 0 aromatic rings. The average molecular weight is 1020 g/mol. The van der Waals surface area contributed by atoms with Gasteiger partial charge in [-0.3, -0.25) is 9.59 Å². The lowest BCUT2D eigenvalue weighted by Gasteiger charge is -2.15. The van der Waals surface area contributed by atoms with Gasteiger partial charge in [0.1, 0.15) is 6.61 Å². The Morgan fingerprint density at radius 3 is 0.811 bits per heavy atom. The molecule has 0 aromatic carbocycles. The molecule has 74 heavy (non-hydrogen) atoms. The fraction of sp³-hybridized carbons (Fsp3) is 0.536. The van der Waals surface area contributed by atoms with E-state index in [-0.39, 0.29) is 25.2 Å². The quantitative estimate of drug-likeness (QED) is 0.0373. The molecule has 412 valence electrons. The van der Waals surface area contributed by atoms with Crippen LogP contribution in [-0.4, -0.2) is 36.4 Å². The van der Waals surface area contributed by atoms with E-state index in [0.717, 1.165) is 154 Å². The lowest BCUT2D eigenvalue weighted by atomic mass is 10.1. The van der Waals surface area contributed by atoms with Crippen molar-refractivity contribution in [2.45, 2.75) is 225 Å². The third kappa shape index (κ3) is 59.6. The molecule has 0 saturated heterocycles. The Morgan fingerprint density at radius 2 is 0.541 bits per heavy atom. The Morgan fingerprint density at radius 1 is 0.311 bits per heavy atom. The van der Waals surface area contributed by atoms with Gasteiger partial charge in [0.25, 0.3) is 0 Å². The van der Waals surface area contributed by atoms with Gasteiger partial charge in [-0.15, -0.1) is 0 Å². The minimum Gasteiger partial charge on any atom is -0.462 e. The van der Waals surface area contributed by atoms with Crippen molar-refractivity contribution >= 4 is 11.9 Å². The number of carbonyl (C=O) groups is 2. The van der Waals surface area contributed by atoms with Crippen LogP contribution in [0.1, 0.15) is 219 Å². The first-order valence-electron chi connectivity index (χ1n) is 29.3.